The summed E-state index contributed by atoms with van der Waals surface area (Å²) in [6, 6.07) is 5.46. The van der Waals surface area contributed by atoms with E-state index in [1.807, 2.05) is 12.1 Å². The van der Waals surface area contributed by atoms with Crippen LogP contribution in [0.1, 0.15) is 18.9 Å². The number of aromatic nitrogens is 4. The lowest BCUT2D eigenvalue weighted by Crippen LogP contribution is -2.29. The van der Waals surface area contributed by atoms with Gasteiger partial charge in [0.2, 0.25) is 5.91 Å². The van der Waals surface area contributed by atoms with E-state index >= 15 is 0 Å². The van der Waals surface area contributed by atoms with E-state index < -0.39 is 0 Å². The molecule has 0 saturated carbocycles. The fourth-order valence-corrected chi connectivity index (χ4v) is 4.00. The van der Waals surface area contributed by atoms with Crippen molar-refractivity contribution < 1.29 is 19.0 Å². The molecular weight excluding hydrogens is 456 g/mol. The van der Waals surface area contributed by atoms with Gasteiger partial charge in [0.1, 0.15) is 5.82 Å². The van der Waals surface area contributed by atoms with Crippen LogP contribution in [0.4, 0.5) is 5.82 Å². The summed E-state index contributed by atoms with van der Waals surface area (Å²) in [6.07, 6.45) is 3.03. The van der Waals surface area contributed by atoms with E-state index in [4.69, 9.17) is 19.2 Å². The fourth-order valence-electron chi connectivity index (χ4n) is 3.30. The highest BCUT2D eigenvalue weighted by atomic mass is 32.2. The number of nitrogens with zero attached hydrogens (tertiary/aromatic N) is 4. The fraction of sp³-hybridized carbons (Fsp3) is 0.478. The Balaban J connectivity index is 1.65. The van der Waals surface area contributed by atoms with Crippen LogP contribution >= 0.6 is 11.8 Å². The zero-order chi connectivity index (χ0) is 24.3. The number of anilines is 1. The van der Waals surface area contributed by atoms with Crippen molar-refractivity contribution in [3.63, 3.8) is 0 Å². The zero-order valence-corrected chi connectivity index (χ0v) is 20.9. The Morgan fingerprint density at radius 3 is 2.68 bits per heavy atom. The molecule has 0 bridgehead atoms. The molecule has 184 valence electrons. The molecule has 0 aliphatic carbocycles. The van der Waals surface area contributed by atoms with Gasteiger partial charge in [0.15, 0.2) is 22.3 Å². The van der Waals surface area contributed by atoms with Crippen LogP contribution in [0.2, 0.25) is 0 Å². The third-order valence-electron chi connectivity index (χ3n) is 4.97. The molecule has 3 aromatic rings. The highest BCUT2D eigenvalue weighted by Crippen LogP contribution is 2.28. The van der Waals surface area contributed by atoms with Crippen molar-refractivity contribution in [1.29, 1.82) is 0 Å². The molecule has 0 spiro atoms. The van der Waals surface area contributed by atoms with E-state index in [1.165, 1.54) is 0 Å². The minimum Gasteiger partial charge on any atom is -0.493 e. The van der Waals surface area contributed by atoms with Crippen molar-refractivity contribution in [2.45, 2.75) is 31.5 Å². The van der Waals surface area contributed by atoms with Gasteiger partial charge in [-0.3, -0.25) is 4.79 Å². The number of amides is 1. The maximum absolute atomic E-state index is 12.5. The van der Waals surface area contributed by atoms with Crippen LogP contribution in [0.3, 0.4) is 0 Å². The minimum atomic E-state index is -0.0839. The summed E-state index contributed by atoms with van der Waals surface area (Å²) in [5.41, 5.74) is 1.58. The highest BCUT2D eigenvalue weighted by molar-refractivity contribution is 7.99. The van der Waals surface area contributed by atoms with Crippen LogP contribution < -0.4 is 20.1 Å². The van der Waals surface area contributed by atoms with Crippen LogP contribution in [0, 0.1) is 0 Å². The van der Waals surface area contributed by atoms with Gasteiger partial charge >= 0.3 is 0 Å². The van der Waals surface area contributed by atoms with Gasteiger partial charge in [-0.05, 0) is 24.1 Å². The number of hydrogen-bond donors (Lipinski definition) is 2. The van der Waals surface area contributed by atoms with Crippen molar-refractivity contribution >= 4 is 34.5 Å². The molecule has 2 aromatic heterocycles. The molecule has 0 aliphatic heterocycles. The summed E-state index contributed by atoms with van der Waals surface area (Å²) >= 11 is 1.61. The molecule has 2 N–H and O–H groups in total. The number of carbonyl (C=O) groups is 1. The van der Waals surface area contributed by atoms with Crippen LogP contribution in [0.25, 0.3) is 11.0 Å². The largest absolute Gasteiger partial charge is 0.493 e. The lowest BCUT2D eigenvalue weighted by Gasteiger charge is -2.11. The average molecular weight is 489 g/mol. The topological polar surface area (TPSA) is 112 Å². The number of benzene rings is 1. The maximum atomic E-state index is 12.5. The van der Waals surface area contributed by atoms with E-state index in [1.54, 1.807) is 50.0 Å². The van der Waals surface area contributed by atoms with E-state index in [9.17, 15) is 4.79 Å². The first-order valence-electron chi connectivity index (χ1n) is 11.2. The quantitative estimate of drug-likeness (QED) is 0.201. The highest BCUT2D eigenvalue weighted by Gasteiger charge is 2.14. The van der Waals surface area contributed by atoms with Gasteiger partial charge in [0.25, 0.3) is 0 Å². The molecule has 0 fully saturated rings. The van der Waals surface area contributed by atoms with Gasteiger partial charge in [-0.15, -0.1) is 0 Å². The zero-order valence-electron chi connectivity index (χ0n) is 20.1. The van der Waals surface area contributed by atoms with E-state index in [0.29, 0.717) is 42.9 Å². The van der Waals surface area contributed by atoms with Gasteiger partial charge < -0.3 is 24.8 Å². The number of thioether (sulfide) groups is 1. The summed E-state index contributed by atoms with van der Waals surface area (Å²) in [4.78, 5) is 21.8. The standard InChI is InChI=1S/C23H32N6O4S/c1-5-12-34-23-27-21(25-9-11-31-2)17-15-26-29(22(17)28-23)10-8-24-20(30)14-16-6-7-18(32-3)19(13-16)33-4/h6-7,13,15H,5,8-12,14H2,1-4H3,(H,24,30)(H,25,27,28). The summed E-state index contributed by atoms with van der Waals surface area (Å²) in [5, 5.41) is 12.3. The number of nitrogens with one attached hydrogen (secondary N) is 2. The molecule has 2 heterocycles. The first kappa shape index (κ1) is 25.6. The van der Waals surface area contributed by atoms with E-state index in [-0.39, 0.29) is 12.3 Å². The van der Waals surface area contributed by atoms with Gasteiger partial charge in [-0.2, -0.15) is 5.10 Å². The van der Waals surface area contributed by atoms with Gasteiger partial charge in [-0.25, -0.2) is 14.6 Å². The Morgan fingerprint density at radius 2 is 1.94 bits per heavy atom. The summed E-state index contributed by atoms with van der Waals surface area (Å²) in [5.74, 6) is 2.82. The molecule has 1 amide bonds. The molecular formula is C23H32N6O4S. The lowest BCUT2D eigenvalue weighted by atomic mass is 10.1. The summed E-state index contributed by atoms with van der Waals surface area (Å²) in [7, 11) is 4.82. The third kappa shape index (κ3) is 6.73. The normalized spacial score (nSPS) is 10.9. The molecule has 0 radical (unpaired) electrons. The second-order valence-electron chi connectivity index (χ2n) is 7.44. The Morgan fingerprint density at radius 1 is 1.12 bits per heavy atom. The number of methoxy groups -OCH3 is 3. The molecule has 0 aliphatic rings. The Hall–Kier alpha value is -3.05. The summed E-state index contributed by atoms with van der Waals surface area (Å²) in [6.45, 7) is 4.25. The number of carbonyl (C=O) groups excluding carboxylic acids is 1. The van der Waals surface area contributed by atoms with Crippen LogP contribution in [-0.2, 0) is 22.5 Å². The maximum Gasteiger partial charge on any atom is 0.224 e. The van der Waals surface area contributed by atoms with Crippen molar-refractivity contribution in [1.82, 2.24) is 25.1 Å². The van der Waals surface area contributed by atoms with Gasteiger partial charge in [0, 0.05) is 26.0 Å². The molecule has 10 nitrogen and oxygen atoms in total. The monoisotopic (exact) mass is 488 g/mol. The van der Waals surface area contributed by atoms with Gasteiger partial charge in [0.05, 0.1) is 45.4 Å². The Labute approximate surface area is 203 Å². The first-order chi connectivity index (χ1) is 16.6. The SMILES string of the molecule is CCCSc1nc(NCCOC)c2cnn(CCNC(=O)Cc3ccc(OC)c(OC)c3)c2n1. The Kier molecular flexibility index (Phi) is 9.77. The summed E-state index contributed by atoms with van der Waals surface area (Å²) < 4.78 is 17.5. The predicted molar refractivity (Wildman–Crippen MR) is 133 cm³/mol. The number of rotatable bonds is 14. The molecule has 1 aromatic carbocycles. The van der Waals surface area contributed by atoms with Crippen LogP contribution in [-0.4, -0.2) is 72.4 Å². The molecule has 34 heavy (non-hydrogen) atoms. The Bertz CT molecular complexity index is 1090. The number of hydrogen-bond acceptors (Lipinski definition) is 9. The van der Waals surface area contributed by atoms with Crippen molar-refractivity contribution in [2.24, 2.45) is 0 Å². The predicted octanol–water partition coefficient (Wildman–Crippen LogP) is 2.76. The average Bonchev–Trinajstić information content (AvgIpc) is 3.25. The molecule has 0 saturated heterocycles. The van der Waals surface area contributed by atoms with Crippen molar-refractivity contribution in [3.8, 4) is 11.5 Å². The number of ether oxygens (including phenoxy) is 3. The van der Waals surface area contributed by atoms with E-state index in [2.05, 4.69) is 27.6 Å². The van der Waals surface area contributed by atoms with Crippen molar-refractivity contribution in [3.05, 3.63) is 30.0 Å². The van der Waals surface area contributed by atoms with Crippen LogP contribution in [0.5, 0.6) is 11.5 Å². The van der Waals surface area contributed by atoms with Gasteiger partial charge in [-0.1, -0.05) is 24.8 Å². The smallest absolute Gasteiger partial charge is 0.224 e. The molecule has 0 atom stereocenters. The first-order valence-corrected chi connectivity index (χ1v) is 12.1. The van der Waals surface area contributed by atoms with Crippen molar-refractivity contribution in [2.75, 3.05) is 52.1 Å². The molecule has 11 heteroatoms. The third-order valence-corrected chi connectivity index (χ3v) is 6.02. The van der Waals surface area contributed by atoms with Crippen LogP contribution in [0.15, 0.2) is 29.6 Å². The second kappa shape index (κ2) is 13.0. The molecule has 0 unspecified atom stereocenters. The number of fused-ring (bicyclic) bond motifs is 1. The minimum absolute atomic E-state index is 0.0839. The van der Waals surface area contributed by atoms with E-state index in [0.717, 1.165) is 34.6 Å². The second-order valence-corrected chi connectivity index (χ2v) is 8.51. The molecule has 3 rings (SSSR count). The lowest BCUT2D eigenvalue weighted by molar-refractivity contribution is -0.120.